The number of fused-ring (bicyclic) bond motifs is 1. The summed E-state index contributed by atoms with van der Waals surface area (Å²) in [7, 11) is 3.63. The van der Waals surface area contributed by atoms with Gasteiger partial charge in [0.15, 0.2) is 0 Å². The van der Waals surface area contributed by atoms with Crippen molar-refractivity contribution in [2.24, 2.45) is 5.92 Å². The maximum absolute atomic E-state index is 5.11. The van der Waals surface area contributed by atoms with Gasteiger partial charge in [-0.05, 0) is 68.9 Å². The Balaban J connectivity index is 0.000000257. The van der Waals surface area contributed by atoms with Crippen molar-refractivity contribution in [2.75, 3.05) is 44.5 Å². The zero-order valence-corrected chi connectivity index (χ0v) is 20.9. The summed E-state index contributed by atoms with van der Waals surface area (Å²) < 4.78 is 8.13. The number of aromatic nitrogens is 2. The van der Waals surface area contributed by atoms with E-state index in [1.807, 2.05) is 25.2 Å². The van der Waals surface area contributed by atoms with E-state index in [4.69, 9.17) is 4.74 Å². The number of benzene rings is 2. The third-order valence-corrected chi connectivity index (χ3v) is 6.43. The van der Waals surface area contributed by atoms with Crippen LogP contribution in [0.1, 0.15) is 37.7 Å². The van der Waals surface area contributed by atoms with E-state index in [1.54, 1.807) is 19.1 Å². The number of methoxy groups -OCH3 is 1. The molecule has 4 rings (SSSR count). The summed E-state index contributed by atoms with van der Waals surface area (Å²) in [6.07, 6.45) is 6.74. The Hall–Kier alpha value is -2.35. The van der Waals surface area contributed by atoms with Crippen LogP contribution in [0.25, 0.3) is 10.9 Å². The largest absolute Gasteiger partial charge is 0.383 e. The van der Waals surface area contributed by atoms with Crippen LogP contribution < -0.4 is 15.4 Å². The summed E-state index contributed by atoms with van der Waals surface area (Å²) in [6.45, 7) is 4.45. The van der Waals surface area contributed by atoms with E-state index < -0.39 is 0 Å². The molecule has 0 unspecified atom stereocenters. The summed E-state index contributed by atoms with van der Waals surface area (Å²) >= 11 is 1.63. The van der Waals surface area contributed by atoms with Gasteiger partial charge in [-0.1, -0.05) is 49.1 Å². The average molecular weight is 468 g/mol. The van der Waals surface area contributed by atoms with E-state index in [2.05, 4.69) is 62.6 Å². The monoisotopic (exact) mass is 467 g/mol. The van der Waals surface area contributed by atoms with Crippen LogP contribution in [-0.2, 0) is 4.74 Å². The molecule has 178 valence electrons. The fourth-order valence-electron chi connectivity index (χ4n) is 3.91. The molecule has 1 aliphatic rings. The number of nitrogens with one attached hydrogen (secondary N) is 3. The number of rotatable bonds is 9. The molecule has 0 amide bonds. The van der Waals surface area contributed by atoms with Crippen LogP contribution in [0.2, 0.25) is 0 Å². The molecule has 1 aliphatic carbocycles. The van der Waals surface area contributed by atoms with Crippen molar-refractivity contribution in [1.29, 1.82) is 0 Å². The smallest absolute Gasteiger partial charge is 0.225 e. The molecule has 0 atom stereocenters. The highest BCUT2D eigenvalue weighted by molar-refractivity contribution is 7.97. The van der Waals surface area contributed by atoms with Gasteiger partial charge in [-0.25, -0.2) is 4.98 Å². The molecule has 0 spiro atoms. The summed E-state index contributed by atoms with van der Waals surface area (Å²) in [4.78, 5) is 10.6. The quantitative estimate of drug-likeness (QED) is 0.267. The molecule has 6 nitrogen and oxygen atoms in total. The number of hydrogen-bond donors (Lipinski definition) is 3. The van der Waals surface area contributed by atoms with Crippen LogP contribution in [-0.4, -0.2) is 43.8 Å². The van der Waals surface area contributed by atoms with Gasteiger partial charge in [-0.2, -0.15) is 4.98 Å². The maximum atomic E-state index is 5.11. The van der Waals surface area contributed by atoms with Gasteiger partial charge in [0.2, 0.25) is 5.95 Å². The molecule has 1 aromatic heterocycles. The van der Waals surface area contributed by atoms with E-state index in [1.165, 1.54) is 42.6 Å². The van der Waals surface area contributed by atoms with Gasteiger partial charge in [-0.15, -0.1) is 0 Å². The number of anilines is 2. The van der Waals surface area contributed by atoms with Crippen molar-refractivity contribution in [3.63, 3.8) is 0 Å². The molecule has 0 radical (unpaired) electrons. The molecule has 3 aromatic rings. The van der Waals surface area contributed by atoms with Crippen molar-refractivity contribution in [2.45, 2.75) is 43.9 Å². The second-order valence-electron chi connectivity index (χ2n) is 8.34. The van der Waals surface area contributed by atoms with Crippen LogP contribution in [0, 0.1) is 12.8 Å². The van der Waals surface area contributed by atoms with E-state index in [-0.39, 0.29) is 0 Å². The van der Waals surface area contributed by atoms with Gasteiger partial charge in [-0.3, -0.25) is 4.72 Å². The lowest BCUT2D eigenvalue weighted by atomic mass is 9.89. The molecule has 1 heterocycles. The Morgan fingerprint density at radius 2 is 1.73 bits per heavy atom. The molecule has 33 heavy (non-hydrogen) atoms. The van der Waals surface area contributed by atoms with Gasteiger partial charge in [0.05, 0.1) is 12.1 Å². The number of ether oxygens (including phenoxy) is 1. The molecule has 0 bridgehead atoms. The fourth-order valence-corrected chi connectivity index (χ4v) is 4.42. The molecule has 3 N–H and O–H groups in total. The van der Waals surface area contributed by atoms with Gasteiger partial charge >= 0.3 is 0 Å². The lowest BCUT2D eigenvalue weighted by Crippen LogP contribution is -2.19. The highest BCUT2D eigenvalue weighted by Crippen LogP contribution is 2.25. The normalized spacial score (nSPS) is 13.9. The molecule has 1 fully saturated rings. The van der Waals surface area contributed by atoms with E-state index in [9.17, 15) is 0 Å². The van der Waals surface area contributed by atoms with Gasteiger partial charge in [0.1, 0.15) is 5.82 Å². The predicted molar refractivity (Wildman–Crippen MR) is 141 cm³/mol. The van der Waals surface area contributed by atoms with Crippen LogP contribution in [0.5, 0.6) is 0 Å². The lowest BCUT2D eigenvalue weighted by Gasteiger charge is -2.22. The van der Waals surface area contributed by atoms with Gasteiger partial charge < -0.3 is 15.4 Å². The second-order valence-corrected chi connectivity index (χ2v) is 9.42. The fraction of sp³-hybridized carbons (Fsp3) is 0.462. The standard InChI is InChI=1S/C18H26N4O.C8H11NS/c1-23-12-11-19-17-15-9-5-6-10-16(15)21-18(22-17)20-13-14-7-3-2-4-8-14;1-7-3-5-8(6-4-7)10-9-2/h5-6,9-10,14H,2-4,7-8,11-13H2,1H3,(H2,19,20,21,22);3-6,9H,1-2H3. The molecule has 2 aromatic carbocycles. The molecule has 7 heteroatoms. The Bertz CT molecular complexity index is 961. The van der Waals surface area contributed by atoms with Gasteiger partial charge in [0, 0.05) is 30.5 Å². The van der Waals surface area contributed by atoms with Crippen LogP contribution in [0.15, 0.2) is 53.4 Å². The molecule has 0 aliphatic heterocycles. The highest BCUT2D eigenvalue weighted by Gasteiger charge is 2.14. The Kier molecular flexibility index (Phi) is 10.7. The minimum absolute atomic E-state index is 0.656. The van der Waals surface area contributed by atoms with E-state index >= 15 is 0 Å². The summed E-state index contributed by atoms with van der Waals surface area (Å²) in [5.74, 6) is 2.34. The SMILES string of the molecule is CNSc1ccc(C)cc1.COCCNc1nc(NCC2CCCCC2)nc2ccccc12. The van der Waals surface area contributed by atoms with Crippen LogP contribution in [0.3, 0.4) is 0 Å². The first-order chi connectivity index (χ1) is 16.2. The van der Waals surface area contributed by atoms with Crippen molar-refractivity contribution >= 4 is 34.6 Å². The highest BCUT2D eigenvalue weighted by atomic mass is 32.2. The maximum Gasteiger partial charge on any atom is 0.225 e. The average Bonchev–Trinajstić information content (AvgIpc) is 2.85. The lowest BCUT2D eigenvalue weighted by molar-refractivity contribution is 0.210. The van der Waals surface area contributed by atoms with Crippen molar-refractivity contribution in [3.8, 4) is 0 Å². The first kappa shape index (κ1) is 25.3. The minimum Gasteiger partial charge on any atom is -0.383 e. The van der Waals surface area contributed by atoms with E-state index in [0.717, 1.165) is 35.7 Å². The number of para-hydroxylation sites is 1. The second kappa shape index (κ2) is 14.0. The molecular weight excluding hydrogens is 430 g/mol. The van der Waals surface area contributed by atoms with Crippen molar-refractivity contribution in [3.05, 3.63) is 54.1 Å². The first-order valence-electron chi connectivity index (χ1n) is 11.8. The molecule has 0 saturated heterocycles. The van der Waals surface area contributed by atoms with Crippen LogP contribution in [0.4, 0.5) is 11.8 Å². The van der Waals surface area contributed by atoms with E-state index in [0.29, 0.717) is 12.6 Å². The zero-order chi connectivity index (χ0) is 23.3. The molecular formula is C26H37N5OS. The Labute approximate surface area is 202 Å². The van der Waals surface area contributed by atoms with Crippen molar-refractivity contribution < 1.29 is 4.74 Å². The Morgan fingerprint density at radius 1 is 0.970 bits per heavy atom. The summed E-state index contributed by atoms with van der Waals surface area (Å²) in [5.41, 5.74) is 2.27. The summed E-state index contributed by atoms with van der Waals surface area (Å²) in [6, 6.07) is 16.5. The zero-order valence-electron chi connectivity index (χ0n) is 20.1. The first-order valence-corrected chi connectivity index (χ1v) is 12.6. The van der Waals surface area contributed by atoms with Gasteiger partial charge in [0.25, 0.3) is 0 Å². The Morgan fingerprint density at radius 3 is 2.45 bits per heavy atom. The number of nitrogens with zero attached hydrogens (tertiary/aromatic N) is 2. The van der Waals surface area contributed by atoms with Crippen molar-refractivity contribution in [1.82, 2.24) is 14.7 Å². The third-order valence-electron chi connectivity index (χ3n) is 5.72. The predicted octanol–water partition coefficient (Wildman–Crippen LogP) is 5.90. The third kappa shape index (κ3) is 8.50. The minimum atomic E-state index is 0.656. The number of aryl methyl sites for hydroxylation is 1. The van der Waals surface area contributed by atoms with Crippen LogP contribution >= 0.6 is 11.9 Å². The molecule has 1 saturated carbocycles. The topological polar surface area (TPSA) is 71.1 Å². The number of hydrogen-bond acceptors (Lipinski definition) is 7. The summed E-state index contributed by atoms with van der Waals surface area (Å²) in [5, 5.41) is 7.84.